The van der Waals surface area contributed by atoms with Crippen molar-refractivity contribution in [3.05, 3.63) is 41.2 Å². The average molecular weight is 364 g/mol. The highest BCUT2D eigenvalue weighted by Crippen LogP contribution is 2.23. The Hall–Kier alpha value is -2.26. The van der Waals surface area contributed by atoms with E-state index in [4.69, 9.17) is 16.3 Å². The fourth-order valence-electron chi connectivity index (χ4n) is 1.81. The number of aromatic nitrogens is 2. The SMILES string of the molecule is COc1ccc(Cl)cc1C(=O)Nc1cnn(COCC(F)(F)F)c1. The Morgan fingerprint density at radius 2 is 2.17 bits per heavy atom. The van der Waals surface area contributed by atoms with Crippen LogP contribution < -0.4 is 10.1 Å². The first kappa shape index (κ1) is 18.1. The second-order valence-corrected chi connectivity index (χ2v) is 5.10. The van der Waals surface area contributed by atoms with E-state index in [1.165, 1.54) is 25.6 Å². The number of nitrogens with one attached hydrogen (secondary N) is 1. The molecule has 0 saturated carbocycles. The molecule has 1 amide bonds. The number of carbonyl (C=O) groups is 1. The van der Waals surface area contributed by atoms with E-state index in [9.17, 15) is 18.0 Å². The molecule has 24 heavy (non-hydrogen) atoms. The van der Waals surface area contributed by atoms with Crippen LogP contribution in [-0.4, -0.2) is 35.6 Å². The van der Waals surface area contributed by atoms with E-state index in [1.54, 1.807) is 12.1 Å². The van der Waals surface area contributed by atoms with E-state index in [0.717, 1.165) is 4.68 Å². The molecule has 0 spiro atoms. The Bertz CT molecular complexity index is 719. The number of amides is 1. The number of hydrogen-bond acceptors (Lipinski definition) is 4. The maximum atomic E-state index is 12.2. The van der Waals surface area contributed by atoms with Crippen molar-refractivity contribution in [2.24, 2.45) is 0 Å². The van der Waals surface area contributed by atoms with Crippen LogP contribution in [0, 0.1) is 0 Å². The van der Waals surface area contributed by atoms with Gasteiger partial charge in [-0.05, 0) is 18.2 Å². The Morgan fingerprint density at radius 1 is 1.42 bits per heavy atom. The summed E-state index contributed by atoms with van der Waals surface area (Å²) in [5.74, 6) is -0.164. The van der Waals surface area contributed by atoms with Crippen molar-refractivity contribution in [3.8, 4) is 5.75 Å². The highest BCUT2D eigenvalue weighted by molar-refractivity contribution is 6.31. The Balaban J connectivity index is 1.99. The lowest BCUT2D eigenvalue weighted by Crippen LogP contribution is -2.18. The molecule has 130 valence electrons. The van der Waals surface area contributed by atoms with Crippen molar-refractivity contribution in [3.63, 3.8) is 0 Å². The van der Waals surface area contributed by atoms with Gasteiger partial charge in [0, 0.05) is 5.02 Å². The molecule has 1 aromatic heterocycles. The molecule has 0 atom stereocenters. The Kier molecular flexibility index (Phi) is 5.68. The van der Waals surface area contributed by atoms with Gasteiger partial charge in [0.25, 0.3) is 5.91 Å². The fourth-order valence-corrected chi connectivity index (χ4v) is 1.98. The van der Waals surface area contributed by atoms with Gasteiger partial charge in [0.1, 0.15) is 19.1 Å². The molecule has 2 aromatic rings. The maximum absolute atomic E-state index is 12.2. The molecule has 2 rings (SSSR count). The summed E-state index contributed by atoms with van der Waals surface area (Å²) < 4.78 is 46.6. The molecule has 0 aliphatic heterocycles. The number of alkyl halides is 3. The number of benzene rings is 1. The zero-order valence-corrected chi connectivity index (χ0v) is 13.2. The van der Waals surface area contributed by atoms with Gasteiger partial charge in [-0.2, -0.15) is 18.3 Å². The molecule has 0 radical (unpaired) electrons. The molecule has 0 fully saturated rings. The smallest absolute Gasteiger partial charge is 0.411 e. The van der Waals surface area contributed by atoms with Gasteiger partial charge in [-0.3, -0.25) is 4.79 Å². The number of carbonyl (C=O) groups excluding carboxylic acids is 1. The third-order valence-corrected chi connectivity index (χ3v) is 3.02. The molecule has 0 aliphatic carbocycles. The second-order valence-electron chi connectivity index (χ2n) is 4.66. The summed E-state index contributed by atoms with van der Waals surface area (Å²) in [7, 11) is 1.41. The molecule has 0 aliphatic rings. The van der Waals surface area contributed by atoms with Crippen molar-refractivity contribution in [2.75, 3.05) is 19.0 Å². The van der Waals surface area contributed by atoms with Gasteiger partial charge in [-0.15, -0.1) is 0 Å². The molecule has 10 heteroatoms. The number of halogens is 4. The summed E-state index contributed by atoms with van der Waals surface area (Å²) in [6, 6.07) is 4.56. The zero-order valence-electron chi connectivity index (χ0n) is 12.4. The predicted molar refractivity (Wildman–Crippen MR) is 80.2 cm³/mol. The van der Waals surface area contributed by atoms with E-state index in [0.29, 0.717) is 10.8 Å². The minimum atomic E-state index is -4.41. The van der Waals surface area contributed by atoms with E-state index in [2.05, 4.69) is 15.2 Å². The lowest BCUT2D eigenvalue weighted by atomic mass is 10.2. The van der Waals surface area contributed by atoms with Gasteiger partial charge >= 0.3 is 6.18 Å². The summed E-state index contributed by atoms with van der Waals surface area (Å²) in [6.45, 7) is -1.77. The first-order valence-corrected chi connectivity index (χ1v) is 6.98. The molecule has 1 heterocycles. The van der Waals surface area contributed by atoms with Crippen molar-refractivity contribution >= 4 is 23.2 Å². The van der Waals surface area contributed by atoms with E-state index >= 15 is 0 Å². The van der Waals surface area contributed by atoms with Crippen molar-refractivity contribution in [2.45, 2.75) is 12.9 Å². The number of anilines is 1. The standard InChI is InChI=1S/C14H13ClF3N3O3/c1-23-12-3-2-9(15)4-11(12)13(22)20-10-5-19-21(6-10)8-24-7-14(16,17)18/h2-6H,7-8H2,1H3,(H,20,22). The topological polar surface area (TPSA) is 65.4 Å². The summed E-state index contributed by atoms with van der Waals surface area (Å²) in [5, 5.41) is 6.70. The minimum Gasteiger partial charge on any atom is -0.496 e. The van der Waals surface area contributed by atoms with Gasteiger partial charge in [0.05, 0.1) is 30.8 Å². The van der Waals surface area contributed by atoms with Crippen LogP contribution in [0.4, 0.5) is 18.9 Å². The van der Waals surface area contributed by atoms with Crippen LogP contribution in [0.2, 0.25) is 5.02 Å². The third-order valence-electron chi connectivity index (χ3n) is 2.79. The molecule has 1 aromatic carbocycles. The molecule has 1 N–H and O–H groups in total. The fraction of sp³-hybridized carbons (Fsp3) is 0.286. The number of hydrogen-bond donors (Lipinski definition) is 1. The monoisotopic (exact) mass is 363 g/mol. The maximum Gasteiger partial charge on any atom is 0.411 e. The van der Waals surface area contributed by atoms with Crippen molar-refractivity contribution < 1.29 is 27.4 Å². The van der Waals surface area contributed by atoms with Crippen LogP contribution in [0.3, 0.4) is 0 Å². The first-order valence-electron chi connectivity index (χ1n) is 6.60. The lowest BCUT2D eigenvalue weighted by molar-refractivity contribution is -0.182. The van der Waals surface area contributed by atoms with Crippen LogP contribution in [0.1, 0.15) is 10.4 Å². The van der Waals surface area contributed by atoms with E-state index < -0.39 is 25.4 Å². The van der Waals surface area contributed by atoms with Crippen molar-refractivity contribution in [1.29, 1.82) is 0 Å². The molecule has 0 bridgehead atoms. The number of methoxy groups -OCH3 is 1. The first-order chi connectivity index (χ1) is 11.3. The van der Waals surface area contributed by atoms with Gasteiger partial charge in [-0.25, -0.2) is 4.68 Å². The molecule has 6 nitrogen and oxygen atoms in total. The van der Waals surface area contributed by atoms with Gasteiger partial charge < -0.3 is 14.8 Å². The van der Waals surface area contributed by atoms with Crippen LogP contribution in [0.15, 0.2) is 30.6 Å². The zero-order chi connectivity index (χ0) is 17.7. The minimum absolute atomic E-state index is 0.214. The Labute approximate surface area is 140 Å². The number of ether oxygens (including phenoxy) is 2. The van der Waals surface area contributed by atoms with Crippen LogP contribution in [-0.2, 0) is 11.5 Å². The molecular weight excluding hydrogens is 351 g/mol. The van der Waals surface area contributed by atoms with Gasteiger partial charge in [0.2, 0.25) is 0 Å². The normalized spacial score (nSPS) is 11.4. The summed E-state index contributed by atoms with van der Waals surface area (Å²) in [6.07, 6.45) is -1.79. The third kappa shape index (κ3) is 5.14. The summed E-state index contributed by atoms with van der Waals surface area (Å²) >= 11 is 5.86. The highest BCUT2D eigenvalue weighted by Gasteiger charge is 2.27. The Morgan fingerprint density at radius 3 is 2.83 bits per heavy atom. The van der Waals surface area contributed by atoms with Crippen molar-refractivity contribution in [1.82, 2.24) is 9.78 Å². The van der Waals surface area contributed by atoms with Crippen LogP contribution in [0.5, 0.6) is 5.75 Å². The molecule has 0 unspecified atom stereocenters. The number of nitrogens with zero attached hydrogens (tertiary/aromatic N) is 2. The summed E-state index contributed by atoms with van der Waals surface area (Å²) in [4.78, 5) is 12.2. The predicted octanol–water partition coefficient (Wildman–Crippen LogP) is 3.33. The highest BCUT2D eigenvalue weighted by atomic mass is 35.5. The number of rotatable bonds is 6. The van der Waals surface area contributed by atoms with E-state index in [1.807, 2.05) is 0 Å². The largest absolute Gasteiger partial charge is 0.496 e. The average Bonchev–Trinajstić information content (AvgIpc) is 2.93. The second kappa shape index (κ2) is 7.54. The molecule has 0 saturated heterocycles. The van der Waals surface area contributed by atoms with E-state index in [-0.39, 0.29) is 11.3 Å². The van der Waals surface area contributed by atoms with Crippen LogP contribution >= 0.6 is 11.6 Å². The van der Waals surface area contributed by atoms with Crippen LogP contribution in [0.25, 0.3) is 0 Å². The quantitative estimate of drug-likeness (QED) is 0.855. The summed E-state index contributed by atoms with van der Waals surface area (Å²) in [5.41, 5.74) is 0.503. The van der Waals surface area contributed by atoms with Gasteiger partial charge in [-0.1, -0.05) is 11.6 Å². The lowest BCUT2D eigenvalue weighted by Gasteiger charge is -2.08. The molecular formula is C14H13ClF3N3O3. The van der Waals surface area contributed by atoms with Gasteiger partial charge in [0.15, 0.2) is 0 Å².